The fraction of sp³-hybridized carbons (Fsp3) is 0. The minimum atomic E-state index is -1.57. The first-order valence-electron chi connectivity index (χ1n) is 4.91. The Kier molecular flexibility index (Phi) is 2.94. The summed E-state index contributed by atoms with van der Waals surface area (Å²) in [6.45, 7) is 0. The van der Waals surface area contributed by atoms with Gasteiger partial charge in [0.25, 0.3) is 0 Å². The molecule has 0 bridgehead atoms. The van der Waals surface area contributed by atoms with Crippen molar-refractivity contribution < 1.29 is 18.3 Å². The van der Waals surface area contributed by atoms with Crippen LogP contribution >= 0.6 is 0 Å². The molecule has 0 saturated carbocycles. The van der Waals surface area contributed by atoms with Crippen molar-refractivity contribution >= 4 is 0 Å². The molecule has 0 aliphatic rings. The number of hydrogen-bond acceptors (Lipinski definition) is 2. The van der Waals surface area contributed by atoms with Crippen molar-refractivity contribution in [3.05, 3.63) is 53.3 Å². The second-order valence-corrected chi connectivity index (χ2v) is 3.57. The van der Waals surface area contributed by atoms with Crippen LogP contribution in [0.2, 0.25) is 0 Å². The lowest BCUT2D eigenvalue weighted by Crippen LogP contribution is -1.94. The molecule has 0 fully saturated rings. The third-order valence-corrected chi connectivity index (χ3v) is 2.46. The van der Waals surface area contributed by atoms with Crippen LogP contribution in [0.3, 0.4) is 0 Å². The van der Waals surface area contributed by atoms with E-state index in [0.29, 0.717) is 0 Å². The molecule has 5 heteroatoms. The third-order valence-electron chi connectivity index (χ3n) is 2.46. The predicted molar refractivity (Wildman–Crippen MR) is 58.1 cm³/mol. The molecule has 2 aromatic carbocycles. The zero-order valence-electron chi connectivity index (χ0n) is 8.92. The van der Waals surface area contributed by atoms with Crippen LogP contribution in [0, 0.1) is 28.8 Å². The van der Waals surface area contributed by atoms with Gasteiger partial charge < -0.3 is 5.11 Å². The maximum atomic E-state index is 13.5. The third kappa shape index (κ3) is 1.89. The highest BCUT2D eigenvalue weighted by Crippen LogP contribution is 2.29. The molecule has 0 amide bonds. The first-order valence-corrected chi connectivity index (χ1v) is 4.91. The van der Waals surface area contributed by atoms with Gasteiger partial charge in [-0.1, -0.05) is 6.07 Å². The van der Waals surface area contributed by atoms with Crippen molar-refractivity contribution in [2.45, 2.75) is 0 Å². The summed E-state index contributed by atoms with van der Waals surface area (Å²) in [5, 5.41) is 18.0. The fourth-order valence-electron chi connectivity index (χ4n) is 1.54. The van der Waals surface area contributed by atoms with Crippen molar-refractivity contribution in [3.63, 3.8) is 0 Å². The number of phenolic OH excluding ortho intramolecular Hbond substituents is 1. The molecule has 0 aliphatic heterocycles. The van der Waals surface area contributed by atoms with E-state index in [0.717, 1.165) is 12.1 Å². The topological polar surface area (TPSA) is 44.0 Å². The van der Waals surface area contributed by atoms with Crippen LogP contribution in [0.1, 0.15) is 5.56 Å². The van der Waals surface area contributed by atoms with Gasteiger partial charge in [-0.05, 0) is 29.8 Å². The van der Waals surface area contributed by atoms with E-state index in [4.69, 9.17) is 5.26 Å². The molecule has 2 aromatic rings. The van der Waals surface area contributed by atoms with Crippen LogP contribution in [0.15, 0.2) is 30.3 Å². The Bertz CT molecular complexity index is 662. The number of hydrogen-bond donors (Lipinski definition) is 1. The molecule has 0 radical (unpaired) electrons. The smallest absolute Gasteiger partial charge is 0.195 e. The Balaban J connectivity index is 2.64. The molecule has 2 rings (SSSR count). The molecule has 0 unspecified atom stereocenters. The molecule has 90 valence electrons. The van der Waals surface area contributed by atoms with Gasteiger partial charge in [-0.15, -0.1) is 0 Å². The minimum absolute atomic E-state index is 0.0726. The molecule has 18 heavy (non-hydrogen) atoms. The van der Waals surface area contributed by atoms with Crippen LogP contribution in [-0.2, 0) is 0 Å². The normalized spacial score (nSPS) is 10.1. The molecular formula is C13H6F3NO. The van der Waals surface area contributed by atoms with E-state index in [1.54, 1.807) is 6.07 Å². The maximum absolute atomic E-state index is 13.5. The van der Waals surface area contributed by atoms with Gasteiger partial charge in [0.05, 0.1) is 5.56 Å². The molecule has 2 nitrogen and oxygen atoms in total. The van der Waals surface area contributed by atoms with Crippen molar-refractivity contribution in [2.75, 3.05) is 0 Å². The van der Waals surface area contributed by atoms with Gasteiger partial charge in [-0.3, -0.25) is 0 Å². The first-order chi connectivity index (χ1) is 8.54. The Morgan fingerprint density at radius 2 is 1.72 bits per heavy atom. The number of nitrogens with zero attached hydrogens (tertiary/aromatic N) is 1. The monoisotopic (exact) mass is 249 g/mol. The van der Waals surface area contributed by atoms with Gasteiger partial charge in [0.15, 0.2) is 17.5 Å². The van der Waals surface area contributed by atoms with Crippen LogP contribution in [0.4, 0.5) is 13.2 Å². The van der Waals surface area contributed by atoms with Gasteiger partial charge in [-0.2, -0.15) is 5.26 Å². The second kappa shape index (κ2) is 4.41. The number of benzene rings is 2. The predicted octanol–water partition coefficient (Wildman–Crippen LogP) is 3.35. The van der Waals surface area contributed by atoms with E-state index in [1.807, 2.05) is 0 Å². The standard InChI is InChI=1S/C13H6F3NO/c14-10-3-2-9(12(15)13(10)16)7-1-4-11(18)8(5-7)6-17/h1-5,18H. The van der Waals surface area contributed by atoms with Crippen LogP contribution < -0.4 is 0 Å². The van der Waals surface area contributed by atoms with E-state index in [1.165, 1.54) is 18.2 Å². The van der Waals surface area contributed by atoms with Crippen molar-refractivity contribution in [1.29, 1.82) is 5.26 Å². The van der Waals surface area contributed by atoms with Gasteiger partial charge in [0.1, 0.15) is 11.8 Å². The molecule has 0 heterocycles. The van der Waals surface area contributed by atoms with Gasteiger partial charge in [0.2, 0.25) is 0 Å². The molecule has 0 spiro atoms. The summed E-state index contributed by atoms with van der Waals surface area (Å²) < 4.78 is 39.4. The van der Waals surface area contributed by atoms with E-state index in [9.17, 15) is 18.3 Å². The summed E-state index contributed by atoms with van der Waals surface area (Å²) >= 11 is 0. The summed E-state index contributed by atoms with van der Waals surface area (Å²) in [5.41, 5.74) is -0.0669. The van der Waals surface area contributed by atoms with Crippen molar-refractivity contribution in [1.82, 2.24) is 0 Å². The first kappa shape index (κ1) is 12.0. The Labute approximate surface area is 101 Å². The second-order valence-electron chi connectivity index (χ2n) is 3.57. The quantitative estimate of drug-likeness (QED) is 0.787. The van der Waals surface area contributed by atoms with Gasteiger partial charge in [-0.25, -0.2) is 13.2 Å². The highest BCUT2D eigenvalue weighted by Gasteiger charge is 2.15. The van der Waals surface area contributed by atoms with Crippen LogP contribution in [0.25, 0.3) is 11.1 Å². The lowest BCUT2D eigenvalue weighted by atomic mass is 10.0. The summed E-state index contributed by atoms with van der Waals surface area (Å²) in [7, 11) is 0. The zero-order chi connectivity index (χ0) is 13.3. The number of phenols is 1. The van der Waals surface area contributed by atoms with Crippen molar-refractivity contribution in [3.8, 4) is 22.9 Å². The van der Waals surface area contributed by atoms with Gasteiger partial charge in [0, 0.05) is 5.56 Å². The summed E-state index contributed by atoms with van der Waals surface area (Å²) in [4.78, 5) is 0. The van der Waals surface area contributed by atoms with E-state index in [2.05, 4.69) is 0 Å². The zero-order valence-corrected chi connectivity index (χ0v) is 8.92. The largest absolute Gasteiger partial charge is 0.507 e. The molecule has 0 atom stereocenters. The van der Waals surface area contributed by atoms with Crippen LogP contribution in [0.5, 0.6) is 5.75 Å². The summed E-state index contributed by atoms with van der Waals surface area (Å²) in [6, 6.07) is 7.28. The number of rotatable bonds is 1. The van der Waals surface area contributed by atoms with Crippen LogP contribution in [-0.4, -0.2) is 5.11 Å². The van der Waals surface area contributed by atoms with E-state index < -0.39 is 17.5 Å². The van der Waals surface area contributed by atoms with Crippen molar-refractivity contribution in [2.24, 2.45) is 0 Å². The molecule has 0 aliphatic carbocycles. The lowest BCUT2D eigenvalue weighted by molar-refractivity contribution is 0.449. The number of nitriles is 1. The highest BCUT2D eigenvalue weighted by atomic mass is 19.2. The lowest BCUT2D eigenvalue weighted by Gasteiger charge is -2.06. The molecular weight excluding hydrogens is 243 g/mol. The maximum Gasteiger partial charge on any atom is 0.195 e. The summed E-state index contributed by atoms with van der Waals surface area (Å²) in [6.07, 6.45) is 0. The highest BCUT2D eigenvalue weighted by molar-refractivity contribution is 5.67. The minimum Gasteiger partial charge on any atom is -0.507 e. The van der Waals surface area contributed by atoms with E-state index in [-0.39, 0.29) is 22.4 Å². The Morgan fingerprint density at radius 3 is 2.39 bits per heavy atom. The molecule has 1 N–H and O–H groups in total. The fourth-order valence-corrected chi connectivity index (χ4v) is 1.54. The molecule has 0 aromatic heterocycles. The number of aromatic hydroxyl groups is 1. The average molecular weight is 249 g/mol. The van der Waals surface area contributed by atoms with Gasteiger partial charge >= 0.3 is 0 Å². The van der Waals surface area contributed by atoms with E-state index >= 15 is 0 Å². The molecule has 0 saturated heterocycles. The Morgan fingerprint density at radius 1 is 1.00 bits per heavy atom. The Hall–Kier alpha value is -2.48. The average Bonchev–Trinajstić information content (AvgIpc) is 2.37. The summed E-state index contributed by atoms with van der Waals surface area (Å²) in [5.74, 6) is -4.44. The SMILES string of the molecule is N#Cc1cc(-c2ccc(F)c(F)c2F)ccc1O. The number of halogens is 3.